The summed E-state index contributed by atoms with van der Waals surface area (Å²) in [4.78, 5) is 32.9. The minimum atomic E-state index is -0.760. The number of nitrogens with one attached hydrogen (secondary N) is 1. The van der Waals surface area contributed by atoms with Crippen molar-refractivity contribution in [2.75, 3.05) is 14.2 Å². The van der Waals surface area contributed by atoms with E-state index in [1.165, 1.54) is 32.6 Å². The van der Waals surface area contributed by atoms with E-state index in [-0.39, 0.29) is 17.1 Å². The fourth-order valence-corrected chi connectivity index (χ4v) is 2.81. The van der Waals surface area contributed by atoms with Crippen LogP contribution in [-0.2, 0) is 0 Å². The van der Waals surface area contributed by atoms with Gasteiger partial charge in [-0.1, -0.05) is 0 Å². The van der Waals surface area contributed by atoms with Crippen LogP contribution in [0.1, 0.15) is 15.9 Å². The number of rotatable bonds is 9. The third kappa shape index (κ3) is 5.62. The van der Waals surface area contributed by atoms with Crippen LogP contribution in [0.25, 0.3) is 0 Å². The number of amides is 1. The molecule has 0 fully saturated rings. The molecule has 174 valence electrons. The van der Waals surface area contributed by atoms with Gasteiger partial charge in [-0.2, -0.15) is 5.10 Å². The molecule has 0 spiro atoms. The molecule has 0 bridgehead atoms. The lowest BCUT2D eigenvalue weighted by Gasteiger charge is -2.09. The van der Waals surface area contributed by atoms with E-state index in [4.69, 9.17) is 14.2 Å². The van der Waals surface area contributed by atoms with Crippen LogP contribution in [0, 0.1) is 20.2 Å². The van der Waals surface area contributed by atoms with Crippen LogP contribution < -0.4 is 19.6 Å². The van der Waals surface area contributed by atoms with Gasteiger partial charge in [-0.25, -0.2) is 5.43 Å². The van der Waals surface area contributed by atoms with E-state index < -0.39 is 27.1 Å². The molecule has 1 N–H and O–H groups in total. The number of benzene rings is 3. The van der Waals surface area contributed by atoms with Gasteiger partial charge in [-0.15, -0.1) is 0 Å². The normalized spacial score (nSPS) is 10.5. The smallest absolute Gasteiger partial charge is 0.318 e. The summed E-state index contributed by atoms with van der Waals surface area (Å²) < 4.78 is 15.8. The van der Waals surface area contributed by atoms with Gasteiger partial charge in [0.1, 0.15) is 17.2 Å². The molecule has 3 aromatic rings. The van der Waals surface area contributed by atoms with Crippen molar-refractivity contribution >= 4 is 23.5 Å². The lowest BCUT2D eigenvalue weighted by Crippen LogP contribution is -2.18. The zero-order valence-corrected chi connectivity index (χ0v) is 18.0. The molecule has 0 saturated carbocycles. The lowest BCUT2D eigenvalue weighted by atomic mass is 10.2. The monoisotopic (exact) mass is 466 g/mol. The first-order valence-electron chi connectivity index (χ1n) is 9.58. The number of hydrogen-bond donors (Lipinski definition) is 1. The van der Waals surface area contributed by atoms with Crippen LogP contribution in [0.4, 0.5) is 11.4 Å². The largest absolute Gasteiger partial charge is 0.497 e. The molecule has 0 unspecified atom stereocenters. The molecule has 3 rings (SSSR count). The van der Waals surface area contributed by atoms with E-state index in [1.54, 1.807) is 30.3 Å². The Morgan fingerprint density at radius 3 is 2.21 bits per heavy atom. The number of hydrogen-bond acceptors (Lipinski definition) is 9. The molecule has 34 heavy (non-hydrogen) atoms. The quantitative estimate of drug-likeness (QED) is 0.281. The topological polar surface area (TPSA) is 155 Å². The fourth-order valence-electron chi connectivity index (χ4n) is 2.81. The highest BCUT2D eigenvalue weighted by atomic mass is 16.6. The standard InChI is InChI=1S/C22H18N4O8/c1-32-17-8-9-18(21(12-17)33-2)22(27)24-23-13-14-3-6-16(7-4-14)34-20-10-5-15(25(28)29)11-19(20)26(30)31/h3-13H,1-2H3,(H,24,27). The van der Waals surface area contributed by atoms with E-state index in [2.05, 4.69) is 10.5 Å². The Morgan fingerprint density at radius 2 is 1.59 bits per heavy atom. The zero-order chi connectivity index (χ0) is 24.7. The maximum Gasteiger partial charge on any atom is 0.318 e. The Kier molecular flexibility index (Phi) is 7.34. The first-order chi connectivity index (χ1) is 16.3. The molecular weight excluding hydrogens is 448 g/mol. The van der Waals surface area contributed by atoms with Gasteiger partial charge in [0, 0.05) is 12.1 Å². The van der Waals surface area contributed by atoms with Gasteiger partial charge in [0.05, 0.1) is 41.9 Å². The number of methoxy groups -OCH3 is 2. The predicted molar refractivity (Wildman–Crippen MR) is 121 cm³/mol. The minimum absolute atomic E-state index is 0.141. The van der Waals surface area contributed by atoms with Gasteiger partial charge >= 0.3 is 5.69 Å². The number of non-ortho nitro benzene ring substituents is 1. The van der Waals surface area contributed by atoms with Gasteiger partial charge in [0.2, 0.25) is 5.75 Å². The Hall–Kier alpha value is -5.00. The van der Waals surface area contributed by atoms with Crippen molar-refractivity contribution in [2.24, 2.45) is 5.10 Å². The summed E-state index contributed by atoms with van der Waals surface area (Å²) in [7, 11) is 2.94. The van der Waals surface area contributed by atoms with Crippen LogP contribution in [0.15, 0.2) is 65.8 Å². The average Bonchev–Trinajstić information content (AvgIpc) is 2.84. The van der Waals surface area contributed by atoms with Crippen molar-refractivity contribution in [1.82, 2.24) is 5.43 Å². The molecule has 12 heteroatoms. The second kappa shape index (κ2) is 10.5. The SMILES string of the molecule is COc1ccc(C(=O)NN=Cc2ccc(Oc3ccc([N+](=O)[O-])cc3[N+](=O)[O-])cc2)c(OC)c1. The molecule has 1 amide bonds. The molecule has 12 nitrogen and oxygen atoms in total. The number of nitro groups is 2. The van der Waals surface area contributed by atoms with Crippen LogP contribution in [0.2, 0.25) is 0 Å². The van der Waals surface area contributed by atoms with E-state index in [0.717, 1.165) is 18.2 Å². The van der Waals surface area contributed by atoms with Crippen molar-refractivity contribution in [3.63, 3.8) is 0 Å². The Bertz CT molecular complexity index is 1260. The second-order valence-corrected chi connectivity index (χ2v) is 6.60. The highest BCUT2D eigenvalue weighted by Gasteiger charge is 2.21. The van der Waals surface area contributed by atoms with Gasteiger partial charge in [-0.05, 0) is 48.0 Å². The maximum absolute atomic E-state index is 12.4. The molecule has 0 atom stereocenters. The number of carbonyl (C=O) groups excluding carboxylic acids is 1. The van der Waals surface area contributed by atoms with E-state index in [9.17, 15) is 25.0 Å². The van der Waals surface area contributed by atoms with Gasteiger partial charge in [-0.3, -0.25) is 25.0 Å². The van der Waals surface area contributed by atoms with E-state index in [0.29, 0.717) is 17.1 Å². The number of nitrogens with zero attached hydrogens (tertiary/aromatic N) is 3. The van der Waals surface area contributed by atoms with Crippen LogP contribution in [0.5, 0.6) is 23.0 Å². The average molecular weight is 466 g/mol. The second-order valence-electron chi connectivity index (χ2n) is 6.60. The van der Waals surface area contributed by atoms with Gasteiger partial charge in [0.25, 0.3) is 11.6 Å². The predicted octanol–water partition coefficient (Wildman–Crippen LogP) is 4.08. The molecule has 0 aromatic heterocycles. The van der Waals surface area contributed by atoms with E-state index >= 15 is 0 Å². The first kappa shape index (κ1) is 23.7. The van der Waals surface area contributed by atoms with Crippen molar-refractivity contribution in [3.05, 3.63) is 92.0 Å². The summed E-state index contributed by atoms with van der Waals surface area (Å²) in [6.07, 6.45) is 1.39. The van der Waals surface area contributed by atoms with Crippen molar-refractivity contribution in [3.8, 4) is 23.0 Å². The van der Waals surface area contributed by atoms with Gasteiger partial charge < -0.3 is 14.2 Å². The minimum Gasteiger partial charge on any atom is -0.497 e. The highest BCUT2D eigenvalue weighted by Crippen LogP contribution is 2.34. The molecular formula is C22H18N4O8. The van der Waals surface area contributed by atoms with Crippen molar-refractivity contribution in [1.29, 1.82) is 0 Å². The highest BCUT2D eigenvalue weighted by molar-refractivity contribution is 5.97. The summed E-state index contributed by atoms with van der Waals surface area (Å²) in [6, 6.07) is 14.1. The molecule has 0 radical (unpaired) electrons. The summed E-state index contributed by atoms with van der Waals surface area (Å²) in [5, 5.41) is 26.0. The summed E-state index contributed by atoms with van der Waals surface area (Å²) in [5.74, 6) is 0.507. The van der Waals surface area contributed by atoms with Crippen LogP contribution in [0.3, 0.4) is 0 Å². The van der Waals surface area contributed by atoms with Crippen LogP contribution >= 0.6 is 0 Å². The lowest BCUT2D eigenvalue weighted by molar-refractivity contribution is -0.394. The number of ether oxygens (including phenoxy) is 3. The van der Waals surface area contributed by atoms with Crippen LogP contribution in [-0.4, -0.2) is 36.2 Å². The Balaban J connectivity index is 1.67. The maximum atomic E-state index is 12.4. The molecule has 0 aliphatic heterocycles. The number of nitro benzene ring substituents is 2. The Labute approximate surface area is 192 Å². The van der Waals surface area contributed by atoms with Crippen molar-refractivity contribution in [2.45, 2.75) is 0 Å². The Morgan fingerprint density at radius 1 is 0.882 bits per heavy atom. The van der Waals surface area contributed by atoms with E-state index in [1.807, 2.05) is 0 Å². The molecule has 0 heterocycles. The molecule has 3 aromatic carbocycles. The third-order valence-electron chi connectivity index (χ3n) is 4.49. The summed E-state index contributed by atoms with van der Waals surface area (Å²) in [5.41, 5.74) is 2.33. The molecule has 0 saturated heterocycles. The number of hydrazone groups is 1. The fraction of sp³-hybridized carbons (Fsp3) is 0.0909. The number of carbonyl (C=O) groups is 1. The molecule has 0 aliphatic carbocycles. The van der Waals surface area contributed by atoms with Crippen molar-refractivity contribution < 1.29 is 28.9 Å². The van der Waals surface area contributed by atoms with Gasteiger partial charge in [0.15, 0.2) is 0 Å². The summed E-state index contributed by atoms with van der Waals surface area (Å²) >= 11 is 0. The third-order valence-corrected chi connectivity index (χ3v) is 4.49. The zero-order valence-electron chi connectivity index (χ0n) is 18.0. The molecule has 0 aliphatic rings. The summed E-state index contributed by atoms with van der Waals surface area (Å²) in [6.45, 7) is 0. The first-order valence-corrected chi connectivity index (χ1v) is 9.58.